The predicted molar refractivity (Wildman–Crippen MR) is 84.2 cm³/mol. The first kappa shape index (κ1) is 15.4. The number of hydrogen-bond donors (Lipinski definition) is 2. The largest absolute Gasteiger partial charge is 0.386 e. The van der Waals surface area contributed by atoms with E-state index in [9.17, 15) is 19.6 Å². The van der Waals surface area contributed by atoms with Gasteiger partial charge in [-0.25, -0.2) is 4.39 Å². The van der Waals surface area contributed by atoms with Gasteiger partial charge in [0, 0.05) is 5.38 Å². The van der Waals surface area contributed by atoms with E-state index in [-0.39, 0.29) is 11.6 Å². The van der Waals surface area contributed by atoms with Gasteiger partial charge < -0.3 is 20.5 Å². The van der Waals surface area contributed by atoms with Gasteiger partial charge in [-0.3, -0.25) is 0 Å². The molecule has 2 N–H and O–H groups in total. The zero-order valence-corrected chi connectivity index (χ0v) is 12.8. The molecular formula is C14H13FN4O3S. The Hall–Kier alpha value is -2.52. The van der Waals surface area contributed by atoms with E-state index < -0.39 is 22.9 Å². The first-order chi connectivity index (χ1) is 11.0. The third-order valence-electron chi connectivity index (χ3n) is 3.46. The van der Waals surface area contributed by atoms with Crippen molar-refractivity contribution in [2.24, 2.45) is 0 Å². The third kappa shape index (κ3) is 2.88. The van der Waals surface area contributed by atoms with Crippen molar-refractivity contribution in [1.29, 1.82) is 0 Å². The average molecular weight is 336 g/mol. The predicted octanol–water partition coefficient (Wildman–Crippen LogP) is 2.98. The van der Waals surface area contributed by atoms with Gasteiger partial charge >= 0.3 is 5.82 Å². The van der Waals surface area contributed by atoms with Gasteiger partial charge in [0.05, 0.1) is 12.1 Å². The SMILES string of the molecule is CC(Nc1nc2sccn2c1[N+](=O)[O-])C(O)c1ccc(F)cc1. The average Bonchev–Trinajstić information content (AvgIpc) is 3.07. The summed E-state index contributed by atoms with van der Waals surface area (Å²) in [5, 5.41) is 26.1. The Labute approximate surface area is 134 Å². The number of fused-ring (bicyclic) bond motifs is 1. The number of aliphatic hydroxyl groups excluding tert-OH is 1. The van der Waals surface area contributed by atoms with Crippen molar-refractivity contribution in [2.45, 2.75) is 19.1 Å². The first-order valence-electron chi connectivity index (χ1n) is 6.77. The standard InChI is InChI=1S/C14H13FN4O3S/c1-8(11(20)9-2-4-10(15)5-3-9)16-12-13(19(21)22)18-6-7-23-14(18)17-12/h2-8,11,16,20H,1H3. The minimum Gasteiger partial charge on any atom is -0.386 e. The summed E-state index contributed by atoms with van der Waals surface area (Å²) in [7, 11) is 0. The smallest absolute Gasteiger partial charge is 0.372 e. The van der Waals surface area contributed by atoms with E-state index in [0.717, 1.165) is 0 Å². The highest BCUT2D eigenvalue weighted by Crippen LogP contribution is 2.30. The van der Waals surface area contributed by atoms with Crippen molar-refractivity contribution in [3.63, 3.8) is 0 Å². The molecule has 0 amide bonds. The number of nitrogens with one attached hydrogen (secondary N) is 1. The summed E-state index contributed by atoms with van der Waals surface area (Å²) < 4.78 is 14.3. The lowest BCUT2D eigenvalue weighted by atomic mass is 10.0. The monoisotopic (exact) mass is 336 g/mol. The number of nitro groups is 1. The zero-order chi connectivity index (χ0) is 16.6. The molecule has 2 aromatic heterocycles. The molecule has 23 heavy (non-hydrogen) atoms. The van der Waals surface area contributed by atoms with Crippen LogP contribution in [0.5, 0.6) is 0 Å². The Bertz CT molecular complexity index is 845. The molecule has 2 atom stereocenters. The van der Waals surface area contributed by atoms with E-state index in [1.54, 1.807) is 18.5 Å². The van der Waals surface area contributed by atoms with Crippen LogP contribution >= 0.6 is 11.3 Å². The molecule has 0 fully saturated rings. The summed E-state index contributed by atoms with van der Waals surface area (Å²) in [5.74, 6) is -0.485. The summed E-state index contributed by atoms with van der Waals surface area (Å²) in [4.78, 5) is 15.4. The van der Waals surface area contributed by atoms with Gasteiger partial charge in [0.15, 0.2) is 0 Å². The number of rotatable bonds is 5. The lowest BCUT2D eigenvalue weighted by Crippen LogP contribution is -2.24. The molecule has 120 valence electrons. The van der Waals surface area contributed by atoms with Crippen molar-refractivity contribution in [1.82, 2.24) is 9.38 Å². The van der Waals surface area contributed by atoms with Crippen LogP contribution in [0, 0.1) is 15.9 Å². The molecule has 0 saturated heterocycles. The lowest BCUT2D eigenvalue weighted by molar-refractivity contribution is -0.389. The van der Waals surface area contributed by atoms with E-state index >= 15 is 0 Å². The second-order valence-corrected chi connectivity index (χ2v) is 5.90. The van der Waals surface area contributed by atoms with Crippen LogP contribution in [0.3, 0.4) is 0 Å². The summed E-state index contributed by atoms with van der Waals surface area (Å²) >= 11 is 1.28. The van der Waals surface area contributed by atoms with Gasteiger partial charge in [-0.1, -0.05) is 23.5 Å². The van der Waals surface area contributed by atoms with Gasteiger partial charge in [0.2, 0.25) is 5.82 Å². The van der Waals surface area contributed by atoms with E-state index in [1.807, 2.05) is 0 Å². The number of anilines is 1. The van der Waals surface area contributed by atoms with Crippen LogP contribution in [0.25, 0.3) is 4.96 Å². The number of aromatic nitrogens is 2. The Morgan fingerprint density at radius 2 is 2.13 bits per heavy atom. The summed E-state index contributed by atoms with van der Waals surface area (Å²) in [6.07, 6.45) is 0.604. The quantitative estimate of drug-likeness (QED) is 0.552. The number of thiazole rings is 1. The molecule has 7 nitrogen and oxygen atoms in total. The minimum atomic E-state index is -0.963. The number of halogens is 1. The molecule has 0 spiro atoms. The highest BCUT2D eigenvalue weighted by Gasteiger charge is 2.26. The maximum atomic E-state index is 12.9. The van der Waals surface area contributed by atoms with Gasteiger partial charge in [0.25, 0.3) is 4.96 Å². The fourth-order valence-electron chi connectivity index (χ4n) is 2.29. The molecule has 0 aliphatic carbocycles. The van der Waals surface area contributed by atoms with E-state index in [2.05, 4.69) is 10.3 Å². The van der Waals surface area contributed by atoms with Crippen LogP contribution < -0.4 is 5.32 Å². The molecule has 3 rings (SSSR count). The highest BCUT2D eigenvalue weighted by molar-refractivity contribution is 7.15. The minimum absolute atomic E-state index is 0.0931. The Morgan fingerprint density at radius 1 is 1.43 bits per heavy atom. The van der Waals surface area contributed by atoms with Crippen molar-refractivity contribution >= 4 is 27.9 Å². The second kappa shape index (κ2) is 5.94. The van der Waals surface area contributed by atoms with E-state index in [4.69, 9.17) is 0 Å². The van der Waals surface area contributed by atoms with Crippen LogP contribution in [0.15, 0.2) is 35.8 Å². The Balaban J connectivity index is 1.86. The summed E-state index contributed by atoms with van der Waals surface area (Å²) in [6.45, 7) is 1.67. The molecular weight excluding hydrogens is 323 g/mol. The topological polar surface area (TPSA) is 92.7 Å². The number of hydrogen-bond acceptors (Lipinski definition) is 6. The molecule has 2 heterocycles. The maximum Gasteiger partial charge on any atom is 0.372 e. The van der Waals surface area contributed by atoms with Gasteiger partial charge in [-0.05, 0) is 29.5 Å². The Morgan fingerprint density at radius 3 is 2.78 bits per heavy atom. The molecule has 2 unspecified atom stereocenters. The van der Waals surface area contributed by atoms with Crippen molar-refractivity contribution in [3.8, 4) is 0 Å². The van der Waals surface area contributed by atoms with Crippen molar-refractivity contribution < 1.29 is 14.4 Å². The van der Waals surface area contributed by atoms with Gasteiger partial charge in [-0.2, -0.15) is 9.38 Å². The fourth-order valence-corrected chi connectivity index (χ4v) is 3.00. The number of imidazole rings is 1. The number of aliphatic hydroxyl groups is 1. The van der Waals surface area contributed by atoms with E-state index in [0.29, 0.717) is 10.5 Å². The molecule has 0 saturated carbocycles. The van der Waals surface area contributed by atoms with Gasteiger partial charge in [0.1, 0.15) is 12.0 Å². The molecule has 0 aliphatic rings. The van der Waals surface area contributed by atoms with Gasteiger partial charge in [-0.15, -0.1) is 0 Å². The van der Waals surface area contributed by atoms with Crippen LogP contribution in [0.4, 0.5) is 16.0 Å². The Kier molecular flexibility index (Phi) is 3.97. The fraction of sp³-hybridized carbons (Fsp3) is 0.214. The molecule has 1 aromatic carbocycles. The third-order valence-corrected chi connectivity index (χ3v) is 4.22. The zero-order valence-electron chi connectivity index (χ0n) is 12.0. The molecule has 0 aliphatic heterocycles. The highest BCUT2D eigenvalue weighted by atomic mass is 32.1. The van der Waals surface area contributed by atoms with E-state index in [1.165, 1.54) is 40.0 Å². The van der Waals surface area contributed by atoms with Crippen molar-refractivity contribution in [3.05, 3.63) is 57.3 Å². The lowest BCUT2D eigenvalue weighted by Gasteiger charge is -2.20. The normalized spacial score (nSPS) is 13.9. The van der Waals surface area contributed by atoms with Crippen LogP contribution in [0.1, 0.15) is 18.6 Å². The number of benzene rings is 1. The first-order valence-corrected chi connectivity index (χ1v) is 7.65. The maximum absolute atomic E-state index is 12.9. The van der Waals surface area contributed by atoms with Crippen LogP contribution in [-0.2, 0) is 0 Å². The summed E-state index contributed by atoms with van der Waals surface area (Å²) in [5.41, 5.74) is 0.509. The molecule has 3 aromatic rings. The van der Waals surface area contributed by atoms with Crippen LogP contribution in [0.2, 0.25) is 0 Å². The molecule has 0 bridgehead atoms. The van der Waals surface area contributed by atoms with Crippen molar-refractivity contribution in [2.75, 3.05) is 5.32 Å². The summed E-state index contributed by atoms with van der Waals surface area (Å²) in [6, 6.07) is 4.89. The molecule has 0 radical (unpaired) electrons. The molecule has 9 heteroatoms. The number of nitrogens with zero attached hydrogens (tertiary/aromatic N) is 3. The second-order valence-electron chi connectivity index (χ2n) is 5.03. The van der Waals surface area contributed by atoms with Crippen LogP contribution in [-0.4, -0.2) is 25.5 Å².